The first-order chi connectivity index (χ1) is 12.4. The van der Waals surface area contributed by atoms with Crippen LogP contribution in [0.3, 0.4) is 0 Å². The minimum atomic E-state index is -4.36. The average molecular weight is 372 g/mol. The number of nitrogens with zero attached hydrogens (tertiary/aromatic N) is 2. The van der Waals surface area contributed by atoms with Crippen molar-refractivity contribution in [1.29, 1.82) is 0 Å². The molecule has 0 aromatic heterocycles. The molecule has 1 heterocycles. The highest BCUT2D eigenvalue weighted by Gasteiger charge is 2.30. The second-order valence-corrected chi connectivity index (χ2v) is 6.64. The van der Waals surface area contributed by atoms with Gasteiger partial charge in [0, 0.05) is 26.2 Å². The molecule has 0 bridgehead atoms. The molecule has 1 aromatic carbocycles. The fourth-order valence-corrected chi connectivity index (χ4v) is 2.94. The second kappa shape index (κ2) is 9.80. The van der Waals surface area contributed by atoms with Gasteiger partial charge in [0.05, 0.1) is 5.56 Å². The molecule has 1 aliphatic heterocycles. The molecule has 0 saturated carbocycles. The molecule has 26 heavy (non-hydrogen) atoms. The molecule has 0 aliphatic carbocycles. The van der Waals surface area contributed by atoms with Crippen LogP contribution >= 0.6 is 0 Å². The van der Waals surface area contributed by atoms with E-state index in [2.05, 4.69) is 11.8 Å². The molecule has 1 amide bonds. The molecule has 146 valence electrons. The summed E-state index contributed by atoms with van der Waals surface area (Å²) in [7, 11) is 0. The molecule has 0 spiro atoms. The van der Waals surface area contributed by atoms with Gasteiger partial charge in [-0.3, -0.25) is 4.90 Å². The Kier molecular flexibility index (Phi) is 7.75. The molecular weight excluding hydrogens is 345 g/mol. The molecule has 7 heteroatoms. The van der Waals surface area contributed by atoms with Crippen molar-refractivity contribution in [1.82, 2.24) is 9.80 Å². The van der Waals surface area contributed by atoms with E-state index >= 15 is 0 Å². The van der Waals surface area contributed by atoms with Crippen molar-refractivity contribution >= 4 is 6.09 Å². The van der Waals surface area contributed by atoms with Crippen molar-refractivity contribution in [2.45, 2.75) is 45.4 Å². The normalized spacial score (nSPS) is 15.9. The van der Waals surface area contributed by atoms with Gasteiger partial charge < -0.3 is 9.64 Å². The molecule has 0 radical (unpaired) electrons. The van der Waals surface area contributed by atoms with E-state index in [1.165, 1.54) is 37.8 Å². The Morgan fingerprint density at radius 2 is 1.69 bits per heavy atom. The Morgan fingerprint density at radius 3 is 2.27 bits per heavy atom. The van der Waals surface area contributed by atoms with Crippen LogP contribution in [0, 0.1) is 0 Å². The van der Waals surface area contributed by atoms with Crippen molar-refractivity contribution in [2.75, 3.05) is 32.7 Å². The van der Waals surface area contributed by atoms with E-state index in [-0.39, 0.29) is 6.61 Å². The summed E-state index contributed by atoms with van der Waals surface area (Å²) < 4.78 is 42.8. The van der Waals surface area contributed by atoms with Crippen LogP contribution in [0.15, 0.2) is 24.3 Å². The number of alkyl halides is 3. The number of halogens is 3. The average Bonchev–Trinajstić information content (AvgIpc) is 2.63. The lowest BCUT2D eigenvalue weighted by Gasteiger charge is -2.34. The summed E-state index contributed by atoms with van der Waals surface area (Å²) in [5, 5.41) is 0. The first-order valence-electron chi connectivity index (χ1n) is 9.20. The number of carbonyl (C=O) groups excluding carboxylic acids is 1. The van der Waals surface area contributed by atoms with Crippen LogP contribution in [0.1, 0.15) is 43.7 Å². The lowest BCUT2D eigenvalue weighted by molar-refractivity contribution is -0.137. The van der Waals surface area contributed by atoms with E-state index in [0.29, 0.717) is 18.7 Å². The summed E-state index contributed by atoms with van der Waals surface area (Å²) in [5.41, 5.74) is -0.163. The number of rotatable bonds is 7. The minimum absolute atomic E-state index is 0.0196. The van der Waals surface area contributed by atoms with Gasteiger partial charge in [0.1, 0.15) is 6.61 Å². The van der Waals surface area contributed by atoms with Gasteiger partial charge in [-0.2, -0.15) is 13.2 Å². The van der Waals surface area contributed by atoms with Crippen LogP contribution in [0.4, 0.5) is 18.0 Å². The third-order valence-corrected chi connectivity index (χ3v) is 4.60. The first kappa shape index (κ1) is 20.6. The van der Waals surface area contributed by atoms with Gasteiger partial charge in [0.15, 0.2) is 0 Å². The Morgan fingerprint density at radius 1 is 1.04 bits per heavy atom. The van der Waals surface area contributed by atoms with E-state index in [4.69, 9.17) is 4.74 Å². The van der Waals surface area contributed by atoms with Gasteiger partial charge in [-0.1, -0.05) is 38.3 Å². The summed E-state index contributed by atoms with van der Waals surface area (Å²) in [6.07, 6.45) is 0.147. The van der Waals surface area contributed by atoms with Gasteiger partial charge in [0.2, 0.25) is 0 Å². The number of piperazine rings is 1. The van der Waals surface area contributed by atoms with Gasteiger partial charge in [-0.25, -0.2) is 4.79 Å². The topological polar surface area (TPSA) is 32.8 Å². The number of unbranched alkanes of at least 4 members (excludes halogenated alkanes) is 3. The molecule has 0 unspecified atom stereocenters. The maximum atomic E-state index is 12.5. The predicted molar refractivity (Wildman–Crippen MR) is 93.8 cm³/mol. The fraction of sp³-hybridized carbons (Fsp3) is 0.632. The van der Waals surface area contributed by atoms with Crippen LogP contribution in [0.25, 0.3) is 0 Å². The lowest BCUT2D eigenvalue weighted by atomic mass is 10.1. The number of ether oxygens (including phenoxy) is 1. The molecule has 2 rings (SSSR count). The Balaban J connectivity index is 1.69. The standard InChI is InChI=1S/C19H27F3N2O2/c1-2-3-4-5-10-23-11-13-24(14-12-23)18(25)26-15-16-6-8-17(9-7-16)19(20,21)22/h6-9H,2-5,10-15H2,1H3. The van der Waals surface area contributed by atoms with Crippen molar-refractivity contribution in [3.8, 4) is 0 Å². The van der Waals surface area contributed by atoms with Crippen LogP contribution in [0.2, 0.25) is 0 Å². The van der Waals surface area contributed by atoms with E-state index in [1.54, 1.807) is 4.90 Å². The monoisotopic (exact) mass is 372 g/mol. The molecule has 1 aliphatic rings. The minimum Gasteiger partial charge on any atom is -0.445 e. The Labute approximate surface area is 152 Å². The van der Waals surface area contributed by atoms with Crippen LogP contribution in [-0.2, 0) is 17.5 Å². The SMILES string of the molecule is CCCCCCN1CCN(C(=O)OCc2ccc(C(F)(F)F)cc2)CC1. The third kappa shape index (κ3) is 6.52. The summed E-state index contributed by atoms with van der Waals surface area (Å²) in [4.78, 5) is 16.1. The first-order valence-corrected chi connectivity index (χ1v) is 9.20. The van der Waals surface area contributed by atoms with Crippen molar-refractivity contribution < 1.29 is 22.7 Å². The molecule has 1 fully saturated rings. The molecule has 1 saturated heterocycles. The molecule has 0 atom stereocenters. The number of hydrogen-bond acceptors (Lipinski definition) is 3. The summed E-state index contributed by atoms with van der Waals surface area (Å²) in [6, 6.07) is 4.68. The van der Waals surface area contributed by atoms with E-state index < -0.39 is 17.8 Å². The smallest absolute Gasteiger partial charge is 0.416 e. The summed E-state index contributed by atoms with van der Waals surface area (Å²) >= 11 is 0. The van der Waals surface area contributed by atoms with E-state index in [1.807, 2.05) is 0 Å². The second-order valence-electron chi connectivity index (χ2n) is 6.64. The fourth-order valence-electron chi connectivity index (χ4n) is 2.94. The van der Waals surface area contributed by atoms with Crippen molar-refractivity contribution in [2.24, 2.45) is 0 Å². The number of carbonyl (C=O) groups is 1. The highest BCUT2D eigenvalue weighted by molar-refractivity contribution is 5.67. The Hall–Kier alpha value is -1.76. The largest absolute Gasteiger partial charge is 0.445 e. The maximum Gasteiger partial charge on any atom is 0.416 e. The number of amides is 1. The highest BCUT2D eigenvalue weighted by Crippen LogP contribution is 2.29. The van der Waals surface area contributed by atoms with Crippen LogP contribution < -0.4 is 0 Å². The lowest BCUT2D eigenvalue weighted by Crippen LogP contribution is -2.48. The van der Waals surface area contributed by atoms with Gasteiger partial charge >= 0.3 is 12.3 Å². The zero-order valence-corrected chi connectivity index (χ0v) is 15.2. The van der Waals surface area contributed by atoms with Gasteiger partial charge in [0.25, 0.3) is 0 Å². The summed E-state index contributed by atoms with van der Waals surface area (Å²) in [5.74, 6) is 0. The van der Waals surface area contributed by atoms with Crippen LogP contribution in [-0.4, -0.2) is 48.6 Å². The molecule has 0 N–H and O–H groups in total. The van der Waals surface area contributed by atoms with Crippen molar-refractivity contribution in [3.05, 3.63) is 35.4 Å². The zero-order chi connectivity index (χ0) is 19.0. The molecule has 1 aromatic rings. The predicted octanol–water partition coefficient (Wildman–Crippen LogP) is 4.54. The van der Waals surface area contributed by atoms with Crippen molar-refractivity contribution in [3.63, 3.8) is 0 Å². The number of benzene rings is 1. The highest BCUT2D eigenvalue weighted by atomic mass is 19.4. The quantitative estimate of drug-likeness (QED) is 0.659. The van der Waals surface area contributed by atoms with Gasteiger partial charge in [-0.05, 0) is 30.7 Å². The molecule has 4 nitrogen and oxygen atoms in total. The third-order valence-electron chi connectivity index (χ3n) is 4.60. The Bertz CT molecular complexity index is 553. The van der Waals surface area contributed by atoms with Crippen LogP contribution in [0.5, 0.6) is 0 Å². The van der Waals surface area contributed by atoms with E-state index in [0.717, 1.165) is 31.8 Å². The maximum absolute atomic E-state index is 12.5. The van der Waals surface area contributed by atoms with E-state index in [9.17, 15) is 18.0 Å². The zero-order valence-electron chi connectivity index (χ0n) is 15.2. The van der Waals surface area contributed by atoms with Gasteiger partial charge in [-0.15, -0.1) is 0 Å². The number of hydrogen-bond donors (Lipinski definition) is 0. The summed E-state index contributed by atoms with van der Waals surface area (Å²) in [6.45, 7) is 6.15. The molecular formula is C19H27F3N2O2.